The minimum atomic E-state index is -0.558. The van der Waals surface area contributed by atoms with Gasteiger partial charge in [-0.3, -0.25) is 19.0 Å². The Hall–Kier alpha value is -4.21. The molecule has 1 saturated carbocycles. The summed E-state index contributed by atoms with van der Waals surface area (Å²) < 4.78 is 3.81. The highest BCUT2D eigenvalue weighted by Gasteiger charge is 2.22. The third-order valence-electron chi connectivity index (χ3n) is 6.77. The summed E-state index contributed by atoms with van der Waals surface area (Å²) in [4.78, 5) is 52.4. The number of aromatic nitrogens is 4. The van der Waals surface area contributed by atoms with Crippen LogP contribution in [0.5, 0.6) is 0 Å². The minimum absolute atomic E-state index is 0.137. The Morgan fingerprint density at radius 1 is 1.08 bits per heavy atom. The molecule has 192 valence electrons. The predicted octanol–water partition coefficient (Wildman–Crippen LogP) is 2.84. The summed E-state index contributed by atoms with van der Waals surface area (Å²) in [5.41, 5.74) is 1.41. The molecule has 2 N–H and O–H groups in total. The van der Waals surface area contributed by atoms with Gasteiger partial charge in [0.05, 0.1) is 10.9 Å². The molecule has 0 atom stereocenters. The lowest BCUT2D eigenvalue weighted by Gasteiger charge is -2.13. The van der Waals surface area contributed by atoms with Gasteiger partial charge in [0.2, 0.25) is 11.7 Å². The standard InChI is InChI=1S/C27H30N6O4/c1-3-13-31-25(36)21-12-11-18(24(35)29-19-8-4-5-9-19)15-22(21)33-26(31)30-32(27(33)37)16-23(34)28-20-10-6-7-17(2)14-20/h6-7,10-12,14-15,19H,3-5,8-9,13,16H2,1-2H3,(H,28,34)(H,29,35). The van der Waals surface area contributed by atoms with Crippen LogP contribution in [0.2, 0.25) is 0 Å². The van der Waals surface area contributed by atoms with E-state index in [0.29, 0.717) is 35.1 Å². The van der Waals surface area contributed by atoms with Crippen molar-refractivity contribution in [2.24, 2.45) is 0 Å². The lowest BCUT2D eigenvalue weighted by atomic mass is 10.1. The molecule has 1 aliphatic carbocycles. The van der Waals surface area contributed by atoms with Gasteiger partial charge < -0.3 is 10.6 Å². The molecule has 2 amide bonds. The van der Waals surface area contributed by atoms with Crippen LogP contribution in [0, 0.1) is 6.92 Å². The maximum atomic E-state index is 13.5. The number of hydrogen-bond donors (Lipinski definition) is 2. The third kappa shape index (κ3) is 4.78. The normalized spacial score (nSPS) is 13.9. The molecular formula is C27H30N6O4. The number of carbonyl (C=O) groups is 2. The Balaban J connectivity index is 1.57. The van der Waals surface area contributed by atoms with Crippen molar-refractivity contribution < 1.29 is 9.59 Å². The molecular weight excluding hydrogens is 472 g/mol. The molecule has 10 nitrogen and oxygen atoms in total. The number of hydrogen-bond acceptors (Lipinski definition) is 5. The molecule has 1 fully saturated rings. The molecule has 0 bridgehead atoms. The maximum absolute atomic E-state index is 13.5. The number of fused-ring (bicyclic) bond motifs is 3. The van der Waals surface area contributed by atoms with Crippen LogP contribution >= 0.6 is 0 Å². The van der Waals surface area contributed by atoms with Crippen LogP contribution in [-0.2, 0) is 17.9 Å². The van der Waals surface area contributed by atoms with Crippen molar-refractivity contribution in [1.82, 2.24) is 24.1 Å². The van der Waals surface area contributed by atoms with Gasteiger partial charge in [-0.2, -0.15) is 0 Å². The second-order valence-electron chi connectivity index (χ2n) is 9.64. The summed E-state index contributed by atoms with van der Waals surface area (Å²) in [5, 5.41) is 10.5. The van der Waals surface area contributed by atoms with E-state index in [1.165, 1.54) is 8.97 Å². The molecule has 4 aromatic rings. The van der Waals surface area contributed by atoms with Crippen LogP contribution in [0.25, 0.3) is 16.7 Å². The SMILES string of the molecule is CCCn1c(=O)c2ccc(C(=O)NC3CCCC3)cc2n2c(=O)n(CC(=O)Nc3cccc(C)c3)nc12. The molecule has 0 radical (unpaired) electrons. The zero-order valence-electron chi connectivity index (χ0n) is 21.0. The van der Waals surface area contributed by atoms with E-state index in [1.54, 1.807) is 24.3 Å². The van der Waals surface area contributed by atoms with Gasteiger partial charge >= 0.3 is 5.69 Å². The topological polar surface area (TPSA) is 120 Å². The fourth-order valence-corrected chi connectivity index (χ4v) is 4.98. The first-order chi connectivity index (χ1) is 17.9. The average molecular weight is 503 g/mol. The lowest BCUT2D eigenvalue weighted by molar-refractivity contribution is -0.117. The monoisotopic (exact) mass is 502 g/mol. The summed E-state index contributed by atoms with van der Waals surface area (Å²) in [6.07, 6.45) is 4.72. The van der Waals surface area contributed by atoms with Gasteiger partial charge in [0.25, 0.3) is 11.5 Å². The van der Waals surface area contributed by atoms with Crippen molar-refractivity contribution in [3.05, 3.63) is 74.4 Å². The molecule has 37 heavy (non-hydrogen) atoms. The second-order valence-corrected chi connectivity index (χ2v) is 9.64. The van der Waals surface area contributed by atoms with E-state index in [1.807, 2.05) is 32.0 Å². The quantitative estimate of drug-likeness (QED) is 0.403. The Morgan fingerprint density at radius 2 is 1.86 bits per heavy atom. The molecule has 0 saturated heterocycles. The highest BCUT2D eigenvalue weighted by molar-refractivity contribution is 5.98. The van der Waals surface area contributed by atoms with Crippen LogP contribution in [0.15, 0.2) is 52.1 Å². The maximum Gasteiger partial charge on any atom is 0.352 e. The smallest absolute Gasteiger partial charge is 0.349 e. The van der Waals surface area contributed by atoms with E-state index >= 15 is 0 Å². The molecule has 2 aromatic carbocycles. The summed E-state index contributed by atoms with van der Waals surface area (Å²) in [6.45, 7) is 3.88. The molecule has 2 heterocycles. The zero-order valence-corrected chi connectivity index (χ0v) is 21.0. The summed E-state index contributed by atoms with van der Waals surface area (Å²) >= 11 is 0. The summed E-state index contributed by atoms with van der Waals surface area (Å²) in [5.74, 6) is -0.514. The molecule has 0 spiro atoms. The average Bonchev–Trinajstić information content (AvgIpc) is 3.49. The highest BCUT2D eigenvalue weighted by atomic mass is 16.2. The van der Waals surface area contributed by atoms with Crippen molar-refractivity contribution in [3.8, 4) is 0 Å². The first-order valence-electron chi connectivity index (χ1n) is 12.7. The minimum Gasteiger partial charge on any atom is -0.349 e. The van der Waals surface area contributed by atoms with E-state index in [9.17, 15) is 19.2 Å². The van der Waals surface area contributed by atoms with Crippen molar-refractivity contribution in [2.45, 2.75) is 65.1 Å². The van der Waals surface area contributed by atoms with E-state index < -0.39 is 11.6 Å². The Morgan fingerprint density at radius 3 is 2.59 bits per heavy atom. The number of amides is 2. The Bertz CT molecular complexity index is 1620. The van der Waals surface area contributed by atoms with E-state index in [2.05, 4.69) is 15.7 Å². The van der Waals surface area contributed by atoms with Gasteiger partial charge in [-0.25, -0.2) is 13.9 Å². The van der Waals surface area contributed by atoms with Crippen molar-refractivity contribution in [3.63, 3.8) is 0 Å². The number of rotatable bonds is 7. The van der Waals surface area contributed by atoms with Gasteiger partial charge in [0.1, 0.15) is 6.54 Å². The fourth-order valence-electron chi connectivity index (χ4n) is 4.98. The summed E-state index contributed by atoms with van der Waals surface area (Å²) in [7, 11) is 0. The first-order valence-corrected chi connectivity index (χ1v) is 12.7. The fraction of sp³-hybridized carbons (Fsp3) is 0.370. The van der Waals surface area contributed by atoms with Gasteiger partial charge in [0, 0.05) is 23.8 Å². The predicted molar refractivity (Wildman–Crippen MR) is 141 cm³/mol. The Labute approximate surface area is 212 Å². The highest BCUT2D eigenvalue weighted by Crippen LogP contribution is 2.19. The van der Waals surface area contributed by atoms with Crippen molar-refractivity contribution in [1.29, 1.82) is 0 Å². The number of carbonyl (C=O) groups excluding carboxylic acids is 2. The number of nitrogens with one attached hydrogen (secondary N) is 2. The molecule has 1 aliphatic rings. The second kappa shape index (κ2) is 10.0. The van der Waals surface area contributed by atoms with E-state index in [-0.39, 0.29) is 29.8 Å². The van der Waals surface area contributed by atoms with Crippen LogP contribution in [0.3, 0.4) is 0 Å². The van der Waals surface area contributed by atoms with Crippen LogP contribution in [-0.4, -0.2) is 36.6 Å². The zero-order chi connectivity index (χ0) is 26.1. The van der Waals surface area contributed by atoms with Gasteiger partial charge in [-0.15, -0.1) is 5.10 Å². The van der Waals surface area contributed by atoms with E-state index in [0.717, 1.165) is 35.9 Å². The largest absolute Gasteiger partial charge is 0.352 e. The molecule has 0 aliphatic heterocycles. The van der Waals surface area contributed by atoms with Crippen molar-refractivity contribution in [2.75, 3.05) is 5.32 Å². The van der Waals surface area contributed by atoms with Crippen LogP contribution in [0.1, 0.15) is 54.9 Å². The molecule has 0 unspecified atom stereocenters. The number of aryl methyl sites for hydroxylation is 2. The first kappa shape index (κ1) is 24.5. The molecule has 5 rings (SSSR count). The number of benzene rings is 2. The number of anilines is 1. The third-order valence-corrected chi connectivity index (χ3v) is 6.77. The number of nitrogens with zero attached hydrogens (tertiary/aromatic N) is 4. The molecule has 10 heteroatoms. The Kier molecular flexibility index (Phi) is 6.64. The van der Waals surface area contributed by atoms with Crippen LogP contribution in [0.4, 0.5) is 5.69 Å². The molecule has 2 aromatic heterocycles. The summed E-state index contributed by atoms with van der Waals surface area (Å²) in [6, 6.07) is 12.2. The van der Waals surface area contributed by atoms with E-state index in [4.69, 9.17) is 0 Å². The van der Waals surface area contributed by atoms with Crippen LogP contribution < -0.4 is 21.9 Å². The van der Waals surface area contributed by atoms with Gasteiger partial charge in [0.15, 0.2) is 0 Å². The van der Waals surface area contributed by atoms with Crippen molar-refractivity contribution >= 4 is 34.2 Å². The van der Waals surface area contributed by atoms with Gasteiger partial charge in [-0.05, 0) is 62.1 Å². The van der Waals surface area contributed by atoms with Gasteiger partial charge in [-0.1, -0.05) is 31.9 Å². The lowest BCUT2D eigenvalue weighted by Crippen LogP contribution is -2.33.